The molecule has 310 valence electrons. The summed E-state index contributed by atoms with van der Waals surface area (Å²) in [6.07, 6.45) is -15.4. The molecule has 2 aliphatic heterocycles. The van der Waals surface area contributed by atoms with Crippen LogP contribution in [0.25, 0.3) is 0 Å². The fourth-order valence-electron chi connectivity index (χ4n) is 4.72. The molecule has 3 aromatic rings. The van der Waals surface area contributed by atoms with Gasteiger partial charge in [-0.05, 0) is 54.9 Å². The van der Waals surface area contributed by atoms with Gasteiger partial charge in [0.25, 0.3) is 0 Å². The predicted molar refractivity (Wildman–Crippen MR) is 167 cm³/mol. The number of alkyl halides is 12. The van der Waals surface area contributed by atoms with Crippen molar-refractivity contribution >= 4 is 41.2 Å². The number of aromatic nitrogens is 2. The quantitative estimate of drug-likeness (QED) is 0.202. The van der Waals surface area contributed by atoms with Crippen molar-refractivity contribution in [2.45, 2.75) is 49.6 Å². The van der Waals surface area contributed by atoms with E-state index in [9.17, 15) is 52.7 Å². The Morgan fingerprint density at radius 1 is 0.643 bits per heavy atom. The summed E-state index contributed by atoms with van der Waals surface area (Å²) < 4.78 is 127. The molecule has 1 unspecified atom stereocenters. The normalized spacial score (nSPS) is 16.3. The number of anilines is 1. The summed E-state index contributed by atoms with van der Waals surface area (Å²) in [4.78, 5) is 49.9. The zero-order valence-corrected chi connectivity index (χ0v) is 28.5. The summed E-state index contributed by atoms with van der Waals surface area (Å²) in [6.45, 7) is 4.88. The van der Waals surface area contributed by atoms with Crippen LogP contribution >= 0.6 is 11.6 Å². The Morgan fingerprint density at radius 2 is 1.12 bits per heavy atom. The lowest BCUT2D eigenvalue weighted by molar-refractivity contribution is -0.193. The number of benzene rings is 1. The van der Waals surface area contributed by atoms with Crippen LogP contribution in [0.4, 0.5) is 58.4 Å². The van der Waals surface area contributed by atoms with Gasteiger partial charge in [-0.2, -0.15) is 52.7 Å². The Labute approximate surface area is 311 Å². The first-order valence-electron chi connectivity index (χ1n) is 14.8. The maximum atomic E-state index is 10.6. The van der Waals surface area contributed by atoms with E-state index in [4.69, 9.17) is 56.2 Å². The first kappa shape index (κ1) is 48.6. The van der Waals surface area contributed by atoms with Crippen LogP contribution in [-0.2, 0) is 37.7 Å². The number of hydrogen-bond acceptors (Lipinski definition) is 8. The second kappa shape index (κ2) is 20.0. The van der Waals surface area contributed by atoms with Crippen LogP contribution < -0.4 is 4.90 Å². The van der Waals surface area contributed by atoms with E-state index in [1.54, 1.807) is 0 Å². The number of carbonyl (C=O) groups is 4. The zero-order chi connectivity index (χ0) is 43.3. The Balaban J connectivity index is 0.000000457. The van der Waals surface area contributed by atoms with Crippen LogP contribution in [0.2, 0.25) is 5.02 Å². The van der Waals surface area contributed by atoms with Crippen molar-refractivity contribution < 1.29 is 92.3 Å². The Bertz CT molecular complexity index is 1680. The number of pyridine rings is 2. The van der Waals surface area contributed by atoms with Gasteiger partial charge in [0.05, 0.1) is 23.6 Å². The lowest BCUT2D eigenvalue weighted by atomic mass is 9.85. The fourth-order valence-corrected chi connectivity index (χ4v) is 4.94. The number of hydrogen-bond donors (Lipinski definition) is 4. The van der Waals surface area contributed by atoms with Crippen LogP contribution in [0.1, 0.15) is 23.4 Å². The van der Waals surface area contributed by atoms with Gasteiger partial charge in [-0.1, -0.05) is 29.8 Å². The third-order valence-corrected chi connectivity index (χ3v) is 7.14. The van der Waals surface area contributed by atoms with E-state index in [2.05, 4.69) is 45.1 Å². The van der Waals surface area contributed by atoms with Gasteiger partial charge in [0.15, 0.2) is 0 Å². The smallest absolute Gasteiger partial charge is 0.475 e. The molecule has 1 fully saturated rings. The third-order valence-electron chi connectivity index (χ3n) is 6.90. The Morgan fingerprint density at radius 3 is 1.55 bits per heavy atom. The number of carboxylic acid groups (broad SMARTS) is 4. The molecule has 4 N–H and O–H groups in total. The van der Waals surface area contributed by atoms with Gasteiger partial charge in [-0.3, -0.25) is 14.9 Å². The van der Waals surface area contributed by atoms with E-state index < -0.39 is 48.6 Å². The number of likely N-dealkylation sites (tertiary alicyclic amines) is 1. The van der Waals surface area contributed by atoms with Gasteiger partial charge < -0.3 is 25.3 Å². The molecule has 0 radical (unpaired) electrons. The monoisotopic (exact) mass is 846 g/mol. The third kappa shape index (κ3) is 16.5. The van der Waals surface area contributed by atoms with Gasteiger partial charge in [-0.15, -0.1) is 0 Å². The average Bonchev–Trinajstić information content (AvgIpc) is 3.60. The molecule has 1 aromatic carbocycles. The van der Waals surface area contributed by atoms with Crippen LogP contribution in [0.3, 0.4) is 0 Å². The second-order valence-electron chi connectivity index (χ2n) is 11.1. The second-order valence-corrected chi connectivity index (χ2v) is 11.6. The van der Waals surface area contributed by atoms with E-state index in [-0.39, 0.29) is 5.41 Å². The van der Waals surface area contributed by atoms with Crippen molar-refractivity contribution in [2.24, 2.45) is 0 Å². The SMILES string of the molecule is Clc1cccc(CN2CCC3(C2)CN(Cc2ccccn2)c2cccnc23)c1.O=C(O)C(F)(F)F.O=C(O)C(F)(F)F.O=C(O)C(F)(F)F.O=C(O)C(F)(F)F. The average molecular weight is 847 g/mol. The maximum absolute atomic E-state index is 10.6. The Kier molecular flexibility index (Phi) is 17.3. The molecule has 2 aromatic heterocycles. The molecule has 0 aliphatic carbocycles. The molecule has 1 atom stereocenters. The summed E-state index contributed by atoms with van der Waals surface area (Å²) >= 11 is 6.17. The molecule has 0 bridgehead atoms. The highest BCUT2D eigenvalue weighted by atomic mass is 35.5. The highest BCUT2D eigenvalue weighted by Gasteiger charge is 2.48. The predicted octanol–water partition coefficient (Wildman–Crippen LogP) is 6.83. The van der Waals surface area contributed by atoms with Crippen molar-refractivity contribution in [3.05, 3.63) is 89.0 Å². The summed E-state index contributed by atoms with van der Waals surface area (Å²) in [7, 11) is 0. The number of nitrogens with zero attached hydrogens (tertiary/aromatic N) is 4. The number of carboxylic acids is 4. The first-order valence-corrected chi connectivity index (χ1v) is 15.1. The highest BCUT2D eigenvalue weighted by molar-refractivity contribution is 6.30. The van der Waals surface area contributed by atoms with Gasteiger partial charge in [0.1, 0.15) is 0 Å². The minimum atomic E-state index is -5.08. The molecular formula is C31H27ClF12N4O8. The summed E-state index contributed by atoms with van der Waals surface area (Å²) in [5.41, 5.74) is 4.98. The van der Waals surface area contributed by atoms with Crippen molar-refractivity contribution in [1.29, 1.82) is 0 Å². The van der Waals surface area contributed by atoms with Gasteiger partial charge in [-0.25, -0.2) is 19.2 Å². The summed E-state index contributed by atoms with van der Waals surface area (Å²) in [6, 6.07) is 18.6. The van der Waals surface area contributed by atoms with Crippen LogP contribution in [0.5, 0.6) is 0 Å². The Hall–Kier alpha value is -5.39. The van der Waals surface area contributed by atoms with E-state index in [0.29, 0.717) is 0 Å². The van der Waals surface area contributed by atoms with E-state index >= 15 is 0 Å². The van der Waals surface area contributed by atoms with Crippen molar-refractivity contribution in [3.63, 3.8) is 0 Å². The van der Waals surface area contributed by atoms with Crippen molar-refractivity contribution in [1.82, 2.24) is 14.9 Å². The van der Waals surface area contributed by atoms with E-state index in [0.717, 1.165) is 49.9 Å². The molecule has 1 spiro atoms. The van der Waals surface area contributed by atoms with E-state index in [1.165, 1.54) is 16.9 Å². The van der Waals surface area contributed by atoms with Crippen LogP contribution in [-0.4, -0.2) is 104 Å². The maximum Gasteiger partial charge on any atom is 0.490 e. The van der Waals surface area contributed by atoms with Gasteiger partial charge >= 0.3 is 48.6 Å². The molecular weight excluding hydrogens is 820 g/mol. The zero-order valence-electron chi connectivity index (χ0n) is 27.7. The topological polar surface area (TPSA) is 181 Å². The number of halogens is 13. The first-order chi connectivity index (χ1) is 25.5. The molecule has 56 heavy (non-hydrogen) atoms. The molecule has 2 aliphatic rings. The van der Waals surface area contributed by atoms with Gasteiger partial charge in [0.2, 0.25) is 0 Å². The molecule has 4 heterocycles. The largest absolute Gasteiger partial charge is 0.490 e. The minimum Gasteiger partial charge on any atom is -0.475 e. The molecule has 0 amide bonds. The van der Waals surface area contributed by atoms with Crippen molar-refractivity contribution in [2.75, 3.05) is 24.5 Å². The molecule has 25 heteroatoms. The van der Waals surface area contributed by atoms with E-state index in [1.807, 2.05) is 36.7 Å². The number of aliphatic carboxylic acids is 4. The minimum absolute atomic E-state index is 0.101. The number of rotatable bonds is 4. The van der Waals surface area contributed by atoms with Crippen LogP contribution in [0.15, 0.2) is 67.0 Å². The fraction of sp³-hybridized carbons (Fsp3) is 0.355. The molecule has 12 nitrogen and oxygen atoms in total. The van der Waals surface area contributed by atoms with Crippen LogP contribution in [0, 0.1) is 0 Å². The standard InChI is InChI=1S/C23H23ClN4.4C2HF3O2/c24-19-6-3-5-18(13-19)14-27-12-9-23(16-27)17-28(15-20-7-1-2-10-25-20)21-8-4-11-26-22(21)23;4*3-2(4,5)1(6)7/h1-8,10-11,13H,9,12,14-17H2;4*(H,6,7). The van der Waals surface area contributed by atoms with Crippen molar-refractivity contribution in [3.8, 4) is 0 Å². The molecule has 1 saturated heterocycles. The summed E-state index contributed by atoms with van der Waals surface area (Å²) in [5.74, 6) is -11.0. The molecule has 5 rings (SSSR count). The van der Waals surface area contributed by atoms with Gasteiger partial charge in [0, 0.05) is 42.5 Å². The highest BCUT2D eigenvalue weighted by Crippen LogP contribution is 2.45. The lowest BCUT2D eigenvalue weighted by Gasteiger charge is -2.26. The molecule has 0 saturated carbocycles. The lowest BCUT2D eigenvalue weighted by Crippen LogP contribution is -2.36. The summed E-state index contributed by atoms with van der Waals surface area (Å²) in [5, 5.41) is 29.3. The number of fused-ring (bicyclic) bond motifs is 2.